The minimum Gasteiger partial charge on any atom is -0.463 e. The fourth-order valence-electron chi connectivity index (χ4n) is 0.616. The third kappa shape index (κ3) is 2.71. The van der Waals surface area contributed by atoms with Crippen molar-refractivity contribution in [2.24, 2.45) is 0 Å². The van der Waals surface area contributed by atoms with Crippen LogP contribution in [0.15, 0.2) is 0 Å². The Hall–Kier alpha value is -0.220. The third-order valence-electron chi connectivity index (χ3n) is 1.41. The Morgan fingerprint density at radius 3 is 2.45 bits per heavy atom. The van der Waals surface area contributed by atoms with Crippen LogP contribution in [0.25, 0.3) is 0 Å². The number of ether oxygens (including phenoxy) is 1. The molecule has 0 aliphatic carbocycles. The number of aliphatic hydroxyl groups is 1. The number of hydrogen-bond donors (Lipinski definition) is 1. The van der Waals surface area contributed by atoms with E-state index in [9.17, 15) is 9.90 Å². The van der Waals surface area contributed by atoms with Gasteiger partial charge >= 0.3 is 5.97 Å². The van der Waals surface area contributed by atoms with Gasteiger partial charge in [-0.2, -0.15) is 0 Å². The highest BCUT2D eigenvalue weighted by Gasteiger charge is 2.34. The first-order chi connectivity index (χ1) is 5.10. The van der Waals surface area contributed by atoms with Crippen LogP contribution in [0.1, 0.15) is 20.3 Å². The molecular formula is C7H14O3S. The molecule has 3 nitrogen and oxygen atoms in total. The summed E-state index contributed by atoms with van der Waals surface area (Å²) in [6.07, 6.45) is 2.05. The molecule has 0 aliphatic heterocycles. The van der Waals surface area contributed by atoms with E-state index < -0.39 is 10.9 Å². The van der Waals surface area contributed by atoms with Crippen LogP contribution >= 0.6 is 11.8 Å². The van der Waals surface area contributed by atoms with Gasteiger partial charge in [-0.1, -0.05) is 6.92 Å². The molecule has 11 heavy (non-hydrogen) atoms. The number of hydrogen-bond acceptors (Lipinski definition) is 4. The zero-order chi connectivity index (χ0) is 8.91. The molecule has 0 amide bonds. The lowest BCUT2D eigenvalue weighted by molar-refractivity contribution is -0.156. The highest BCUT2D eigenvalue weighted by molar-refractivity contribution is 8.00. The summed E-state index contributed by atoms with van der Waals surface area (Å²) in [5.41, 5.74) is 0. The van der Waals surface area contributed by atoms with Crippen molar-refractivity contribution in [1.82, 2.24) is 0 Å². The van der Waals surface area contributed by atoms with Gasteiger partial charge in [-0.05, 0) is 19.6 Å². The van der Waals surface area contributed by atoms with Crippen molar-refractivity contribution in [3.63, 3.8) is 0 Å². The lowest BCUT2D eigenvalue weighted by Crippen LogP contribution is -2.35. The highest BCUT2D eigenvalue weighted by atomic mass is 32.2. The number of rotatable bonds is 4. The molecule has 0 saturated heterocycles. The largest absolute Gasteiger partial charge is 0.463 e. The molecule has 0 aliphatic rings. The summed E-state index contributed by atoms with van der Waals surface area (Å²) in [6, 6.07) is 0. The first-order valence-electron chi connectivity index (χ1n) is 3.55. The normalized spacial score (nSPS) is 15.6. The van der Waals surface area contributed by atoms with E-state index in [4.69, 9.17) is 0 Å². The third-order valence-corrected chi connectivity index (χ3v) is 2.54. The van der Waals surface area contributed by atoms with Crippen LogP contribution in [0.4, 0.5) is 0 Å². The number of carbonyl (C=O) groups is 1. The van der Waals surface area contributed by atoms with Crippen molar-refractivity contribution in [1.29, 1.82) is 0 Å². The molecule has 0 aromatic rings. The molecule has 0 radical (unpaired) electrons. The minimum absolute atomic E-state index is 0.307. The second kappa shape index (κ2) is 4.62. The maximum Gasteiger partial charge on any atom is 0.348 e. The molecule has 0 heterocycles. The van der Waals surface area contributed by atoms with Crippen molar-refractivity contribution < 1.29 is 14.6 Å². The molecule has 1 N–H and O–H groups in total. The molecular weight excluding hydrogens is 164 g/mol. The minimum atomic E-state index is -1.35. The first kappa shape index (κ1) is 10.8. The Morgan fingerprint density at radius 2 is 2.18 bits per heavy atom. The van der Waals surface area contributed by atoms with Gasteiger partial charge in [0, 0.05) is 0 Å². The van der Waals surface area contributed by atoms with Gasteiger partial charge in [0.2, 0.25) is 4.93 Å². The Balaban J connectivity index is 4.12. The Morgan fingerprint density at radius 1 is 1.64 bits per heavy atom. The number of carbonyl (C=O) groups excluding carboxylic acids is 1. The van der Waals surface area contributed by atoms with E-state index in [1.165, 1.54) is 0 Å². The predicted octanol–water partition coefficient (Wildman–Crippen LogP) is 1.01. The van der Waals surface area contributed by atoms with E-state index >= 15 is 0 Å². The van der Waals surface area contributed by atoms with Gasteiger partial charge in [0.05, 0.1) is 6.61 Å². The monoisotopic (exact) mass is 178 g/mol. The van der Waals surface area contributed by atoms with E-state index in [1.54, 1.807) is 20.1 Å². The summed E-state index contributed by atoms with van der Waals surface area (Å²) in [6.45, 7) is 3.77. The van der Waals surface area contributed by atoms with Gasteiger partial charge in [0.1, 0.15) is 0 Å². The van der Waals surface area contributed by atoms with Crippen LogP contribution in [0, 0.1) is 0 Å². The molecule has 0 bridgehead atoms. The SMILES string of the molecule is CCOC(=O)C(O)(CC)SC. The summed E-state index contributed by atoms with van der Waals surface area (Å²) >= 11 is 1.10. The summed E-state index contributed by atoms with van der Waals surface area (Å²) in [7, 11) is 0. The highest BCUT2D eigenvalue weighted by Crippen LogP contribution is 2.24. The van der Waals surface area contributed by atoms with Crippen LogP contribution in [0.3, 0.4) is 0 Å². The zero-order valence-corrected chi connectivity index (χ0v) is 7.90. The van der Waals surface area contributed by atoms with Crippen LogP contribution < -0.4 is 0 Å². The molecule has 0 fully saturated rings. The summed E-state index contributed by atoms with van der Waals surface area (Å²) in [5.74, 6) is -0.546. The summed E-state index contributed by atoms with van der Waals surface area (Å²) in [5, 5.41) is 9.52. The van der Waals surface area contributed by atoms with Crippen molar-refractivity contribution in [3.05, 3.63) is 0 Å². The predicted molar refractivity (Wildman–Crippen MR) is 45.4 cm³/mol. The smallest absolute Gasteiger partial charge is 0.348 e. The Kier molecular flexibility index (Phi) is 4.52. The quantitative estimate of drug-likeness (QED) is 0.515. The topological polar surface area (TPSA) is 46.5 Å². The standard InChI is InChI=1S/C7H14O3S/c1-4-7(9,11-3)6(8)10-5-2/h9H,4-5H2,1-3H3. The van der Waals surface area contributed by atoms with Crippen LogP contribution in [0.5, 0.6) is 0 Å². The Labute approximate surface area is 71.1 Å². The lowest BCUT2D eigenvalue weighted by Gasteiger charge is -2.21. The molecule has 0 spiro atoms. The van der Waals surface area contributed by atoms with Gasteiger partial charge < -0.3 is 9.84 Å². The van der Waals surface area contributed by atoms with Crippen LogP contribution in [0.2, 0.25) is 0 Å². The van der Waals surface area contributed by atoms with Crippen LogP contribution in [-0.4, -0.2) is 28.9 Å². The molecule has 66 valence electrons. The van der Waals surface area contributed by atoms with E-state index in [1.807, 2.05) is 0 Å². The van der Waals surface area contributed by atoms with Gasteiger partial charge in [-0.15, -0.1) is 11.8 Å². The Bertz CT molecular complexity index is 132. The van der Waals surface area contributed by atoms with Crippen molar-refractivity contribution in [2.75, 3.05) is 12.9 Å². The molecule has 0 rings (SSSR count). The maximum atomic E-state index is 11.0. The molecule has 4 heteroatoms. The van der Waals surface area contributed by atoms with Gasteiger partial charge in [0.25, 0.3) is 0 Å². The molecule has 1 unspecified atom stereocenters. The molecule has 0 aromatic carbocycles. The van der Waals surface area contributed by atoms with Crippen molar-refractivity contribution in [2.45, 2.75) is 25.2 Å². The van der Waals surface area contributed by atoms with Crippen molar-refractivity contribution in [3.8, 4) is 0 Å². The second-order valence-electron chi connectivity index (χ2n) is 2.06. The first-order valence-corrected chi connectivity index (χ1v) is 4.78. The van der Waals surface area contributed by atoms with Gasteiger partial charge in [0.15, 0.2) is 0 Å². The van der Waals surface area contributed by atoms with E-state index in [0.29, 0.717) is 13.0 Å². The fourth-order valence-corrected chi connectivity index (χ4v) is 1.13. The fraction of sp³-hybridized carbons (Fsp3) is 0.857. The van der Waals surface area contributed by atoms with Gasteiger partial charge in [-0.3, -0.25) is 0 Å². The van der Waals surface area contributed by atoms with Crippen molar-refractivity contribution >= 4 is 17.7 Å². The van der Waals surface area contributed by atoms with Gasteiger partial charge in [-0.25, -0.2) is 4.79 Å². The molecule has 0 saturated carbocycles. The summed E-state index contributed by atoms with van der Waals surface area (Å²) in [4.78, 5) is 9.68. The average molecular weight is 178 g/mol. The second-order valence-corrected chi connectivity index (χ2v) is 3.15. The molecule has 1 atom stereocenters. The van der Waals surface area contributed by atoms with E-state index in [0.717, 1.165) is 11.8 Å². The number of esters is 1. The maximum absolute atomic E-state index is 11.0. The van der Waals surface area contributed by atoms with E-state index in [2.05, 4.69) is 4.74 Å². The lowest BCUT2D eigenvalue weighted by atomic mass is 10.3. The van der Waals surface area contributed by atoms with E-state index in [-0.39, 0.29) is 0 Å². The summed E-state index contributed by atoms with van der Waals surface area (Å²) < 4.78 is 4.68. The number of thioether (sulfide) groups is 1. The molecule has 0 aromatic heterocycles. The van der Waals surface area contributed by atoms with Crippen LogP contribution in [-0.2, 0) is 9.53 Å². The zero-order valence-electron chi connectivity index (χ0n) is 7.09. The average Bonchev–Trinajstić information content (AvgIpc) is 2.03.